The van der Waals surface area contributed by atoms with Crippen LogP contribution in [-0.2, 0) is 0 Å². The van der Waals surface area contributed by atoms with Gasteiger partial charge in [-0.1, -0.05) is 83.2 Å². The lowest BCUT2D eigenvalue weighted by Gasteiger charge is -2.18. The quantitative estimate of drug-likeness (QED) is 0.329. The molecule has 2 N–H and O–H groups in total. The van der Waals surface area contributed by atoms with Gasteiger partial charge in [-0.2, -0.15) is 4.98 Å². The monoisotopic (exact) mass is 411 g/mol. The van der Waals surface area contributed by atoms with Gasteiger partial charge in [0.25, 0.3) is 0 Å². The van der Waals surface area contributed by atoms with E-state index in [0.717, 1.165) is 68.6 Å². The summed E-state index contributed by atoms with van der Waals surface area (Å²) in [7, 11) is 0. The van der Waals surface area contributed by atoms with E-state index in [-0.39, 0.29) is 0 Å². The minimum absolute atomic E-state index is 0.719. The maximum Gasteiger partial charge on any atom is 0.225 e. The number of anilines is 2. The minimum Gasteiger partial charge on any atom is -0.370 e. The predicted octanol–water partition coefficient (Wildman–Crippen LogP) is 6.06. The smallest absolute Gasteiger partial charge is 0.225 e. The lowest BCUT2D eigenvalue weighted by Crippen LogP contribution is -2.25. The van der Waals surface area contributed by atoms with Gasteiger partial charge in [-0.15, -0.1) is 0 Å². The Morgan fingerprint density at radius 3 is 2.20 bits per heavy atom. The van der Waals surface area contributed by atoms with E-state index in [9.17, 15) is 0 Å². The summed E-state index contributed by atoms with van der Waals surface area (Å²) in [6.45, 7) is 11.9. The molecule has 0 radical (unpaired) electrons. The minimum atomic E-state index is 0.719. The number of unbranched alkanes of at least 4 members (excludes halogenated alkanes) is 5. The number of benzene rings is 1. The van der Waals surface area contributed by atoms with Gasteiger partial charge in [0.1, 0.15) is 5.82 Å². The van der Waals surface area contributed by atoms with Crippen molar-refractivity contribution in [2.75, 3.05) is 43.4 Å². The second kappa shape index (κ2) is 14.8. The van der Waals surface area contributed by atoms with Gasteiger partial charge in [0.2, 0.25) is 5.95 Å². The van der Waals surface area contributed by atoms with Gasteiger partial charge in [0.05, 0.1) is 5.69 Å². The number of hydrogen-bond donors (Lipinski definition) is 2. The van der Waals surface area contributed by atoms with Crippen molar-refractivity contribution in [1.29, 1.82) is 0 Å². The maximum atomic E-state index is 4.76. The van der Waals surface area contributed by atoms with Gasteiger partial charge < -0.3 is 15.5 Å². The van der Waals surface area contributed by atoms with Crippen LogP contribution in [0.15, 0.2) is 36.4 Å². The van der Waals surface area contributed by atoms with Crippen molar-refractivity contribution in [1.82, 2.24) is 14.9 Å². The van der Waals surface area contributed by atoms with Gasteiger partial charge in [0.15, 0.2) is 0 Å². The fourth-order valence-electron chi connectivity index (χ4n) is 3.54. The molecular weight excluding hydrogens is 370 g/mol. The Morgan fingerprint density at radius 1 is 0.767 bits per heavy atom. The third-order valence-corrected chi connectivity index (χ3v) is 5.46. The Kier molecular flexibility index (Phi) is 11.9. The molecular formula is C25H41N5. The highest BCUT2D eigenvalue weighted by atomic mass is 15.1. The molecule has 0 fully saturated rings. The zero-order valence-corrected chi connectivity index (χ0v) is 19.3. The highest BCUT2D eigenvalue weighted by molar-refractivity contribution is 5.64. The first-order valence-electron chi connectivity index (χ1n) is 11.9. The molecule has 30 heavy (non-hydrogen) atoms. The Hall–Kier alpha value is -2.14. The molecule has 0 unspecified atom stereocenters. The van der Waals surface area contributed by atoms with Crippen LogP contribution in [0.2, 0.25) is 0 Å². The SMILES string of the molecule is CCCCCCCCNc1nc(NCCCN(CC)CC)cc(-c2ccccc2)n1. The fraction of sp³-hybridized carbons (Fsp3) is 0.600. The van der Waals surface area contributed by atoms with E-state index in [1.54, 1.807) is 0 Å². The molecule has 0 aliphatic heterocycles. The van der Waals surface area contributed by atoms with Crippen LogP contribution >= 0.6 is 0 Å². The number of rotatable bonds is 16. The molecule has 166 valence electrons. The zero-order valence-electron chi connectivity index (χ0n) is 19.3. The number of hydrogen-bond acceptors (Lipinski definition) is 5. The highest BCUT2D eigenvalue weighted by Crippen LogP contribution is 2.21. The third kappa shape index (κ3) is 9.12. The first kappa shape index (κ1) is 24.1. The summed E-state index contributed by atoms with van der Waals surface area (Å²) in [5.74, 6) is 1.62. The summed E-state index contributed by atoms with van der Waals surface area (Å²) >= 11 is 0. The Labute approximate surface area is 183 Å². The molecule has 5 heteroatoms. The summed E-state index contributed by atoms with van der Waals surface area (Å²) in [5.41, 5.74) is 2.08. The van der Waals surface area contributed by atoms with Crippen LogP contribution in [0.5, 0.6) is 0 Å². The molecule has 1 aromatic carbocycles. The van der Waals surface area contributed by atoms with E-state index in [2.05, 4.69) is 66.6 Å². The van der Waals surface area contributed by atoms with E-state index in [1.807, 2.05) is 6.07 Å². The van der Waals surface area contributed by atoms with Gasteiger partial charge in [0, 0.05) is 24.7 Å². The van der Waals surface area contributed by atoms with Crippen LogP contribution in [-0.4, -0.2) is 47.6 Å². The van der Waals surface area contributed by atoms with E-state index >= 15 is 0 Å². The standard InChI is InChI=1S/C25H41N5/c1-4-7-8-9-10-14-18-27-25-28-23(22-16-12-11-13-17-22)21-24(29-25)26-19-15-20-30(5-2)6-3/h11-13,16-17,21H,4-10,14-15,18-20H2,1-3H3,(H2,26,27,28,29). The molecule has 1 heterocycles. The van der Waals surface area contributed by atoms with Crippen molar-refractivity contribution in [2.24, 2.45) is 0 Å². The zero-order chi connectivity index (χ0) is 21.4. The van der Waals surface area contributed by atoms with Crippen molar-refractivity contribution in [3.8, 4) is 11.3 Å². The van der Waals surface area contributed by atoms with E-state index in [4.69, 9.17) is 9.97 Å². The summed E-state index contributed by atoms with van der Waals surface area (Å²) in [5, 5.41) is 6.95. The van der Waals surface area contributed by atoms with Gasteiger partial charge in [-0.3, -0.25) is 0 Å². The van der Waals surface area contributed by atoms with E-state index in [1.165, 1.54) is 32.1 Å². The molecule has 0 spiro atoms. The van der Waals surface area contributed by atoms with Crippen molar-refractivity contribution in [3.05, 3.63) is 36.4 Å². The van der Waals surface area contributed by atoms with Crippen molar-refractivity contribution in [2.45, 2.75) is 65.7 Å². The number of nitrogens with one attached hydrogen (secondary N) is 2. The van der Waals surface area contributed by atoms with Crippen LogP contribution in [0.3, 0.4) is 0 Å². The average molecular weight is 412 g/mol. The van der Waals surface area contributed by atoms with Crippen LogP contribution < -0.4 is 10.6 Å². The highest BCUT2D eigenvalue weighted by Gasteiger charge is 2.07. The molecule has 0 saturated carbocycles. The molecule has 0 amide bonds. The Bertz CT molecular complexity index is 685. The van der Waals surface area contributed by atoms with E-state index < -0.39 is 0 Å². The number of aromatic nitrogens is 2. The fourth-order valence-corrected chi connectivity index (χ4v) is 3.54. The van der Waals surface area contributed by atoms with Crippen LogP contribution in [0.25, 0.3) is 11.3 Å². The third-order valence-electron chi connectivity index (χ3n) is 5.46. The summed E-state index contributed by atoms with van der Waals surface area (Å²) in [6, 6.07) is 12.4. The molecule has 0 aliphatic carbocycles. The molecule has 5 nitrogen and oxygen atoms in total. The Morgan fingerprint density at radius 2 is 1.47 bits per heavy atom. The van der Waals surface area contributed by atoms with Gasteiger partial charge in [-0.05, 0) is 32.5 Å². The normalized spacial score (nSPS) is 11.1. The summed E-state index contributed by atoms with van der Waals surface area (Å²) in [6.07, 6.45) is 8.84. The first-order chi connectivity index (χ1) is 14.8. The molecule has 0 bridgehead atoms. The second-order valence-electron chi connectivity index (χ2n) is 7.83. The van der Waals surface area contributed by atoms with Crippen molar-refractivity contribution >= 4 is 11.8 Å². The molecule has 1 aromatic heterocycles. The van der Waals surface area contributed by atoms with Crippen LogP contribution in [0.1, 0.15) is 65.7 Å². The summed E-state index contributed by atoms with van der Waals surface area (Å²) < 4.78 is 0. The van der Waals surface area contributed by atoms with Crippen molar-refractivity contribution < 1.29 is 0 Å². The predicted molar refractivity (Wildman–Crippen MR) is 130 cm³/mol. The molecule has 0 saturated heterocycles. The molecule has 0 aliphatic rings. The van der Waals surface area contributed by atoms with Crippen LogP contribution in [0.4, 0.5) is 11.8 Å². The number of nitrogens with zero attached hydrogens (tertiary/aromatic N) is 3. The maximum absolute atomic E-state index is 4.76. The van der Waals surface area contributed by atoms with Crippen molar-refractivity contribution in [3.63, 3.8) is 0 Å². The van der Waals surface area contributed by atoms with Gasteiger partial charge >= 0.3 is 0 Å². The molecule has 0 atom stereocenters. The lowest BCUT2D eigenvalue weighted by molar-refractivity contribution is 0.303. The van der Waals surface area contributed by atoms with Gasteiger partial charge in [-0.25, -0.2) is 4.98 Å². The molecule has 2 aromatic rings. The topological polar surface area (TPSA) is 53.1 Å². The Balaban J connectivity index is 1.93. The van der Waals surface area contributed by atoms with Crippen LogP contribution in [0, 0.1) is 0 Å². The molecule has 2 rings (SSSR count). The lowest BCUT2D eigenvalue weighted by atomic mass is 10.1. The van der Waals surface area contributed by atoms with E-state index in [0.29, 0.717) is 0 Å². The largest absolute Gasteiger partial charge is 0.370 e. The second-order valence-corrected chi connectivity index (χ2v) is 7.83. The summed E-state index contributed by atoms with van der Waals surface area (Å²) in [4.78, 5) is 11.9. The first-order valence-corrected chi connectivity index (χ1v) is 11.9. The average Bonchev–Trinajstić information content (AvgIpc) is 2.79.